The summed E-state index contributed by atoms with van der Waals surface area (Å²) in [6.45, 7) is 6.90. The summed E-state index contributed by atoms with van der Waals surface area (Å²) in [7, 11) is 0. The molecule has 0 saturated carbocycles. The maximum Gasteiger partial charge on any atom is 0.138 e. The molecule has 4 aromatic heterocycles. The van der Waals surface area contributed by atoms with Crippen molar-refractivity contribution in [1.29, 1.82) is 0 Å². The predicted octanol–water partition coefficient (Wildman–Crippen LogP) is 10.7. The van der Waals surface area contributed by atoms with Gasteiger partial charge in [-0.1, -0.05) is 67.6 Å². The van der Waals surface area contributed by atoms with Gasteiger partial charge in [-0.25, -0.2) is 0 Å². The Morgan fingerprint density at radius 2 is 1.70 bits per heavy atom. The van der Waals surface area contributed by atoms with Crippen molar-refractivity contribution >= 4 is 43.4 Å². The van der Waals surface area contributed by atoms with Crippen molar-refractivity contribution in [3.8, 4) is 22.5 Å². The molecule has 4 heterocycles. The molecule has 3 aromatic carbocycles. The van der Waals surface area contributed by atoms with E-state index < -0.39 is 18.6 Å². The zero-order valence-electron chi connectivity index (χ0n) is 29.6. The van der Waals surface area contributed by atoms with Gasteiger partial charge in [-0.05, 0) is 66.5 Å². The van der Waals surface area contributed by atoms with E-state index in [-0.39, 0.29) is 31.2 Å². The largest absolute Gasteiger partial charge is 0.499 e. The van der Waals surface area contributed by atoms with Crippen molar-refractivity contribution in [2.45, 2.75) is 47.8 Å². The first-order valence-corrected chi connectivity index (χ1v) is 14.6. The van der Waals surface area contributed by atoms with Gasteiger partial charge in [0.15, 0.2) is 0 Å². The summed E-state index contributed by atoms with van der Waals surface area (Å²) in [5.41, 5.74) is 4.82. The number of pyridine rings is 2. The van der Waals surface area contributed by atoms with Gasteiger partial charge < -0.3 is 14.4 Å². The smallest absolute Gasteiger partial charge is 0.138 e. The molecular weight excluding hydrogens is 725 g/mol. The van der Waals surface area contributed by atoms with Crippen LogP contribution in [0, 0.1) is 38.2 Å². The van der Waals surface area contributed by atoms with E-state index >= 15 is 0 Å². The molecule has 0 aliphatic rings. The van der Waals surface area contributed by atoms with Gasteiger partial charge >= 0.3 is 0 Å². The van der Waals surface area contributed by atoms with Crippen molar-refractivity contribution in [1.82, 2.24) is 9.97 Å². The number of rotatable bonds is 3. The van der Waals surface area contributed by atoms with Crippen LogP contribution in [0.2, 0.25) is 0 Å². The molecule has 7 aromatic rings. The second-order valence-corrected chi connectivity index (χ2v) is 12.7. The molecular formula is C38H34IrN2OS-2. The van der Waals surface area contributed by atoms with Gasteiger partial charge in [-0.15, -0.1) is 65.4 Å². The minimum absolute atomic E-state index is 0. The van der Waals surface area contributed by atoms with Gasteiger partial charge in [0.25, 0.3) is 0 Å². The van der Waals surface area contributed by atoms with Crippen molar-refractivity contribution in [2.75, 3.05) is 0 Å². The summed E-state index contributed by atoms with van der Waals surface area (Å²) in [6.07, 6.45) is 1.24. The molecule has 0 spiro atoms. The van der Waals surface area contributed by atoms with E-state index in [4.69, 9.17) is 11.3 Å². The van der Waals surface area contributed by atoms with Crippen molar-refractivity contribution in [3.63, 3.8) is 0 Å². The molecule has 1 radical (unpaired) electrons. The van der Waals surface area contributed by atoms with Gasteiger partial charge in [-0.3, -0.25) is 0 Å². The number of nitrogens with zero attached hydrogens (tertiary/aromatic N) is 2. The molecule has 0 saturated heterocycles. The molecule has 43 heavy (non-hydrogen) atoms. The second-order valence-electron chi connectivity index (χ2n) is 11.4. The summed E-state index contributed by atoms with van der Waals surface area (Å²) in [6, 6.07) is 29.9. The van der Waals surface area contributed by atoms with E-state index in [2.05, 4.69) is 47.2 Å². The van der Waals surface area contributed by atoms with Gasteiger partial charge in [0.05, 0.1) is 10.3 Å². The first-order valence-electron chi connectivity index (χ1n) is 16.3. The van der Waals surface area contributed by atoms with Gasteiger partial charge in [0, 0.05) is 49.6 Å². The summed E-state index contributed by atoms with van der Waals surface area (Å²) in [4.78, 5) is 9.96. The average molecular weight is 764 g/mol. The van der Waals surface area contributed by atoms with Crippen LogP contribution >= 0.6 is 11.3 Å². The van der Waals surface area contributed by atoms with Crippen LogP contribution < -0.4 is 0 Å². The number of aryl methyl sites for hydroxylation is 3. The standard InChI is InChI=1S/C26H24NOS.C12H10N.Ir/c1-15-14-27-22(12-18(15)13-26(3,4)5)21-8-6-7-19-20-10-9-17-11-16(2)29-25(17)24(20)28-23(19)21;1-10-7-8-12(13-9-10)11-5-3-2-4-6-11;/h6-7,9-12,14H,13H2,1-5H3;2-5,7-9H,1H3;/q2*-1;/i1D3,13D2;;. The Hall–Kier alpha value is -3.63. The fraction of sp³-hybridized carbons (Fsp3) is 0.211. The van der Waals surface area contributed by atoms with Crippen LogP contribution in [0.5, 0.6) is 0 Å². The van der Waals surface area contributed by atoms with E-state index in [1.54, 1.807) is 44.2 Å². The molecule has 219 valence electrons. The SMILES string of the molecule is Cc1ccc(-c2[c-]cccc2)nc1.[2H]C([2H])([2H])c1cnc(-c2[c-]ccc3c2oc2c3ccc3cc(C)sc32)cc1C([2H])([2H])C(C)(C)C.[Ir]. The first kappa shape index (κ1) is 24.8. The van der Waals surface area contributed by atoms with Gasteiger partial charge in [-0.2, -0.15) is 0 Å². The topological polar surface area (TPSA) is 38.9 Å². The maximum absolute atomic E-state index is 8.80. The number of hydrogen-bond acceptors (Lipinski definition) is 4. The number of benzene rings is 3. The maximum atomic E-state index is 8.80. The number of furan rings is 1. The fourth-order valence-corrected chi connectivity index (χ4v) is 5.89. The van der Waals surface area contributed by atoms with Crippen molar-refractivity contribution in [3.05, 3.63) is 119 Å². The molecule has 3 nitrogen and oxygen atoms in total. The third-order valence-corrected chi connectivity index (χ3v) is 7.84. The van der Waals surface area contributed by atoms with Gasteiger partial charge in [0.1, 0.15) is 5.58 Å². The van der Waals surface area contributed by atoms with Crippen LogP contribution in [0.25, 0.3) is 54.5 Å². The van der Waals surface area contributed by atoms with Crippen molar-refractivity contribution in [2.24, 2.45) is 5.41 Å². The average Bonchev–Trinajstić information content (AvgIpc) is 3.60. The molecule has 0 atom stereocenters. The van der Waals surface area contributed by atoms with E-state index in [0.717, 1.165) is 37.7 Å². The zero-order valence-corrected chi connectivity index (χ0v) is 27.8. The van der Waals surface area contributed by atoms with Crippen LogP contribution in [0.15, 0.2) is 89.6 Å². The molecule has 0 aliphatic carbocycles. The molecule has 0 fully saturated rings. The molecule has 0 aliphatic heterocycles. The number of aromatic nitrogens is 2. The van der Waals surface area contributed by atoms with Crippen LogP contribution in [-0.4, -0.2) is 9.97 Å². The quantitative estimate of drug-likeness (QED) is 0.168. The van der Waals surface area contributed by atoms with Gasteiger partial charge in [0.2, 0.25) is 0 Å². The Morgan fingerprint density at radius 1 is 0.884 bits per heavy atom. The van der Waals surface area contributed by atoms with Crippen LogP contribution in [0.3, 0.4) is 0 Å². The molecule has 5 heteroatoms. The Labute approximate surface area is 278 Å². The number of thiophene rings is 1. The van der Waals surface area contributed by atoms with E-state index in [9.17, 15) is 0 Å². The minimum atomic E-state index is -2.49. The summed E-state index contributed by atoms with van der Waals surface area (Å²) in [5, 5.41) is 3.03. The molecule has 0 N–H and O–H groups in total. The predicted molar refractivity (Wildman–Crippen MR) is 177 cm³/mol. The van der Waals surface area contributed by atoms with E-state index in [1.807, 2.05) is 55.6 Å². The van der Waals surface area contributed by atoms with E-state index in [1.165, 1.54) is 16.6 Å². The van der Waals surface area contributed by atoms with E-state index in [0.29, 0.717) is 16.8 Å². The zero-order chi connectivity index (χ0) is 33.7. The van der Waals surface area contributed by atoms with Crippen LogP contribution in [0.1, 0.15) is 49.2 Å². The fourth-order valence-electron chi connectivity index (χ4n) is 4.89. The number of hydrogen-bond donors (Lipinski definition) is 0. The first-order chi connectivity index (χ1) is 22.1. The number of fused-ring (bicyclic) bond motifs is 5. The van der Waals surface area contributed by atoms with Crippen LogP contribution in [-0.2, 0) is 26.5 Å². The Kier molecular flexibility index (Phi) is 7.22. The summed E-state index contributed by atoms with van der Waals surface area (Å²) >= 11 is 1.68. The second kappa shape index (κ2) is 12.5. The van der Waals surface area contributed by atoms with Crippen molar-refractivity contribution < 1.29 is 31.4 Å². The van der Waals surface area contributed by atoms with Crippen LogP contribution in [0.4, 0.5) is 0 Å². The summed E-state index contributed by atoms with van der Waals surface area (Å²) < 4.78 is 48.9. The normalized spacial score (nSPS) is 13.7. The Morgan fingerprint density at radius 3 is 2.42 bits per heavy atom. The third-order valence-electron chi connectivity index (χ3n) is 6.77. The third kappa shape index (κ3) is 6.65. The Bertz CT molecular complexity index is 2220. The molecule has 7 rings (SSSR count). The molecule has 0 bridgehead atoms. The minimum Gasteiger partial charge on any atom is -0.499 e. The monoisotopic (exact) mass is 764 g/mol. The molecule has 0 amide bonds. The summed E-state index contributed by atoms with van der Waals surface area (Å²) in [5.74, 6) is 0. The molecule has 0 unspecified atom stereocenters. The Balaban J connectivity index is 0.000000270.